The van der Waals surface area contributed by atoms with Gasteiger partial charge < -0.3 is 10.6 Å². The van der Waals surface area contributed by atoms with E-state index in [1.54, 1.807) is 10.9 Å². The second-order valence-corrected chi connectivity index (χ2v) is 4.25. The number of amides is 1. The number of carbonyl (C=O) groups is 1. The summed E-state index contributed by atoms with van der Waals surface area (Å²) in [6, 6.07) is 9.65. The van der Waals surface area contributed by atoms with Gasteiger partial charge in [-0.3, -0.25) is 9.48 Å². The zero-order valence-electron chi connectivity index (χ0n) is 11.8. The fourth-order valence-electron chi connectivity index (χ4n) is 1.85. The van der Waals surface area contributed by atoms with E-state index >= 15 is 0 Å². The number of rotatable bonds is 6. The molecule has 0 fully saturated rings. The standard InChI is InChI=1S/C14H18N4O.2ClH/c1-15-11-12-5-2-3-6-13(12)17-14(19)7-10-18-9-4-8-16-18;;/h2-6,8-9,15H,7,10-11H2,1H3,(H,17,19);2*1H. The van der Waals surface area contributed by atoms with Crippen LogP contribution in [0.25, 0.3) is 0 Å². The monoisotopic (exact) mass is 330 g/mol. The molecule has 7 heteroatoms. The average molecular weight is 331 g/mol. The van der Waals surface area contributed by atoms with Crippen LogP contribution in [0.2, 0.25) is 0 Å². The molecule has 0 saturated carbocycles. The highest BCUT2D eigenvalue weighted by Crippen LogP contribution is 2.14. The van der Waals surface area contributed by atoms with Gasteiger partial charge in [-0.05, 0) is 24.7 Å². The summed E-state index contributed by atoms with van der Waals surface area (Å²) in [5.74, 6) is -0.000877. The normalized spacial score (nSPS) is 9.38. The number of benzene rings is 1. The Hall–Kier alpha value is -1.56. The predicted octanol–water partition coefficient (Wildman–Crippen LogP) is 2.47. The van der Waals surface area contributed by atoms with Crippen LogP contribution in [-0.4, -0.2) is 22.7 Å². The highest BCUT2D eigenvalue weighted by atomic mass is 35.5. The second kappa shape index (κ2) is 10.2. The van der Waals surface area contributed by atoms with Crippen molar-refractivity contribution < 1.29 is 4.79 Å². The van der Waals surface area contributed by atoms with E-state index in [9.17, 15) is 4.79 Å². The summed E-state index contributed by atoms with van der Waals surface area (Å²) in [6.07, 6.45) is 3.97. The zero-order chi connectivity index (χ0) is 13.5. The first kappa shape index (κ1) is 19.4. The lowest BCUT2D eigenvalue weighted by Gasteiger charge is -2.10. The van der Waals surface area contributed by atoms with Crippen molar-refractivity contribution in [3.05, 3.63) is 48.3 Å². The van der Waals surface area contributed by atoms with Crippen molar-refractivity contribution in [3.63, 3.8) is 0 Å². The summed E-state index contributed by atoms with van der Waals surface area (Å²) < 4.78 is 1.75. The quantitative estimate of drug-likeness (QED) is 0.855. The molecule has 1 aromatic heterocycles. The summed E-state index contributed by atoms with van der Waals surface area (Å²) in [6.45, 7) is 1.32. The molecule has 0 bridgehead atoms. The molecular weight excluding hydrogens is 311 g/mol. The third kappa shape index (κ3) is 6.16. The van der Waals surface area contributed by atoms with Gasteiger partial charge in [-0.25, -0.2) is 0 Å². The van der Waals surface area contributed by atoms with Gasteiger partial charge in [-0.2, -0.15) is 5.10 Å². The van der Waals surface area contributed by atoms with Crippen LogP contribution in [-0.2, 0) is 17.9 Å². The van der Waals surface area contributed by atoms with Crippen LogP contribution in [0.15, 0.2) is 42.7 Å². The van der Waals surface area contributed by atoms with Gasteiger partial charge in [0, 0.05) is 37.6 Å². The molecule has 2 aromatic rings. The molecule has 21 heavy (non-hydrogen) atoms. The number of hydrogen-bond donors (Lipinski definition) is 2. The van der Waals surface area contributed by atoms with Crippen molar-refractivity contribution in [1.82, 2.24) is 15.1 Å². The van der Waals surface area contributed by atoms with Crippen molar-refractivity contribution in [1.29, 1.82) is 0 Å². The largest absolute Gasteiger partial charge is 0.326 e. The topological polar surface area (TPSA) is 58.9 Å². The number of anilines is 1. The third-order valence-corrected chi connectivity index (χ3v) is 2.79. The van der Waals surface area contributed by atoms with E-state index in [1.807, 2.05) is 43.6 Å². The molecule has 0 radical (unpaired) electrons. The maximum Gasteiger partial charge on any atom is 0.226 e. The van der Waals surface area contributed by atoms with Crippen LogP contribution >= 0.6 is 24.8 Å². The number of aromatic nitrogens is 2. The van der Waals surface area contributed by atoms with Gasteiger partial charge in [0.2, 0.25) is 5.91 Å². The summed E-state index contributed by atoms with van der Waals surface area (Å²) in [5, 5.41) is 10.1. The molecule has 5 nitrogen and oxygen atoms in total. The molecule has 0 atom stereocenters. The second-order valence-electron chi connectivity index (χ2n) is 4.25. The van der Waals surface area contributed by atoms with Gasteiger partial charge in [0.15, 0.2) is 0 Å². The van der Waals surface area contributed by atoms with Crippen LogP contribution in [0, 0.1) is 0 Å². The van der Waals surface area contributed by atoms with Gasteiger partial charge in [0.1, 0.15) is 0 Å². The summed E-state index contributed by atoms with van der Waals surface area (Å²) in [5.41, 5.74) is 1.94. The fraction of sp³-hybridized carbons (Fsp3) is 0.286. The van der Waals surface area contributed by atoms with E-state index in [4.69, 9.17) is 0 Å². The number of carbonyl (C=O) groups excluding carboxylic acids is 1. The van der Waals surface area contributed by atoms with Crippen molar-refractivity contribution >= 4 is 36.4 Å². The minimum absolute atomic E-state index is 0. The molecule has 2 rings (SSSR count). The Bertz CT molecular complexity index is 532. The van der Waals surface area contributed by atoms with E-state index in [-0.39, 0.29) is 30.7 Å². The van der Waals surface area contributed by atoms with E-state index < -0.39 is 0 Å². The van der Waals surface area contributed by atoms with E-state index in [0.29, 0.717) is 13.0 Å². The van der Waals surface area contributed by atoms with Gasteiger partial charge in [0.25, 0.3) is 0 Å². The number of nitrogens with one attached hydrogen (secondary N) is 2. The van der Waals surface area contributed by atoms with Crippen LogP contribution < -0.4 is 10.6 Å². The number of nitrogens with zero attached hydrogens (tertiary/aromatic N) is 2. The van der Waals surface area contributed by atoms with Gasteiger partial charge in [-0.1, -0.05) is 18.2 Å². The first-order valence-electron chi connectivity index (χ1n) is 6.29. The Morgan fingerprint density at radius 3 is 2.67 bits per heavy atom. The maximum absolute atomic E-state index is 11.9. The van der Waals surface area contributed by atoms with Crippen LogP contribution in [0.3, 0.4) is 0 Å². The third-order valence-electron chi connectivity index (χ3n) is 2.79. The Kier molecular flexibility index (Phi) is 9.45. The Balaban J connectivity index is 0.00000200. The zero-order valence-corrected chi connectivity index (χ0v) is 13.4. The smallest absolute Gasteiger partial charge is 0.226 e. The highest BCUT2D eigenvalue weighted by Gasteiger charge is 2.06. The summed E-state index contributed by atoms with van der Waals surface area (Å²) in [4.78, 5) is 11.9. The van der Waals surface area contributed by atoms with Crippen LogP contribution in [0.1, 0.15) is 12.0 Å². The number of hydrogen-bond acceptors (Lipinski definition) is 3. The Morgan fingerprint density at radius 1 is 1.24 bits per heavy atom. The van der Waals surface area contributed by atoms with Crippen LogP contribution in [0.5, 0.6) is 0 Å². The predicted molar refractivity (Wildman–Crippen MR) is 89.2 cm³/mol. The highest BCUT2D eigenvalue weighted by molar-refractivity contribution is 5.91. The average Bonchev–Trinajstić information content (AvgIpc) is 2.92. The summed E-state index contributed by atoms with van der Waals surface area (Å²) >= 11 is 0. The molecule has 116 valence electrons. The van der Waals surface area contributed by atoms with Crippen LogP contribution in [0.4, 0.5) is 5.69 Å². The SMILES string of the molecule is CNCc1ccccc1NC(=O)CCn1cccn1.Cl.Cl. The molecule has 1 amide bonds. The first-order valence-corrected chi connectivity index (χ1v) is 6.29. The molecule has 2 N–H and O–H groups in total. The maximum atomic E-state index is 11.9. The Morgan fingerprint density at radius 2 is 2.00 bits per heavy atom. The fourth-order valence-corrected chi connectivity index (χ4v) is 1.85. The number of halogens is 2. The summed E-state index contributed by atoms with van der Waals surface area (Å²) in [7, 11) is 1.89. The molecule has 0 aliphatic carbocycles. The van der Waals surface area contributed by atoms with Crippen molar-refractivity contribution in [3.8, 4) is 0 Å². The molecule has 1 aromatic carbocycles. The van der Waals surface area contributed by atoms with Crippen molar-refractivity contribution in [2.45, 2.75) is 19.5 Å². The number of para-hydroxylation sites is 1. The lowest BCUT2D eigenvalue weighted by molar-refractivity contribution is -0.116. The molecule has 1 heterocycles. The lowest BCUT2D eigenvalue weighted by Crippen LogP contribution is -2.17. The van der Waals surface area contributed by atoms with Crippen molar-refractivity contribution in [2.75, 3.05) is 12.4 Å². The van der Waals surface area contributed by atoms with E-state index in [1.165, 1.54) is 0 Å². The first-order chi connectivity index (χ1) is 9.29. The molecule has 0 saturated heterocycles. The molecular formula is C14H20Cl2N4O. The molecule has 0 aliphatic heterocycles. The molecule has 0 unspecified atom stereocenters. The number of aryl methyl sites for hydroxylation is 1. The minimum Gasteiger partial charge on any atom is -0.326 e. The Labute approximate surface area is 136 Å². The minimum atomic E-state index is -0.000877. The van der Waals surface area contributed by atoms with Gasteiger partial charge >= 0.3 is 0 Å². The van der Waals surface area contributed by atoms with Crippen molar-refractivity contribution in [2.24, 2.45) is 0 Å². The van der Waals surface area contributed by atoms with E-state index in [0.717, 1.165) is 17.8 Å². The van der Waals surface area contributed by atoms with E-state index in [2.05, 4.69) is 15.7 Å². The lowest BCUT2D eigenvalue weighted by atomic mass is 10.1. The molecule has 0 aliphatic rings. The van der Waals surface area contributed by atoms with Gasteiger partial charge in [0.05, 0.1) is 0 Å². The van der Waals surface area contributed by atoms with Gasteiger partial charge in [-0.15, -0.1) is 24.8 Å². The molecule has 0 spiro atoms.